The highest BCUT2D eigenvalue weighted by Crippen LogP contribution is 2.48. The van der Waals surface area contributed by atoms with E-state index in [9.17, 15) is 0 Å². The lowest BCUT2D eigenvalue weighted by atomic mass is 9.86. The first kappa shape index (κ1) is 32.7. The van der Waals surface area contributed by atoms with Gasteiger partial charge in [0, 0.05) is 22.4 Å². The maximum atomic E-state index is 4.19. The number of nitrogens with zero attached hydrogens (tertiary/aromatic N) is 2. The largest absolute Gasteiger partial charge is 0.309 e. The Morgan fingerprint density at radius 1 is 0.388 bits per heavy atom. The van der Waals surface area contributed by atoms with Crippen LogP contribution in [0.2, 0.25) is 0 Å². The van der Waals surface area contributed by atoms with Crippen LogP contribution in [0.15, 0.2) is 156 Å². The van der Waals surface area contributed by atoms with Crippen LogP contribution in [0.3, 0.4) is 0 Å². The van der Waals surface area contributed by atoms with Gasteiger partial charge in [0.15, 0.2) is 0 Å². The summed E-state index contributed by atoms with van der Waals surface area (Å²) in [4.78, 5) is 4.76. The van der Waals surface area contributed by atoms with Crippen molar-refractivity contribution in [2.24, 2.45) is 0 Å². The van der Waals surface area contributed by atoms with Gasteiger partial charge in [-0.05, 0) is 109 Å². The molecular weight excluding hydrogens is 660 g/mol. The van der Waals surface area contributed by atoms with Crippen LogP contribution in [0.25, 0.3) is 21.5 Å². The van der Waals surface area contributed by atoms with Gasteiger partial charge in [0.05, 0.1) is 21.5 Å². The van der Waals surface area contributed by atoms with Gasteiger partial charge in [0.25, 0.3) is 0 Å². The van der Waals surface area contributed by atoms with E-state index >= 15 is 0 Å². The molecule has 0 aliphatic carbocycles. The Kier molecular flexibility index (Phi) is 8.58. The van der Waals surface area contributed by atoms with Gasteiger partial charge >= 0.3 is 0 Å². The Balaban J connectivity index is 1.45. The van der Waals surface area contributed by atoms with E-state index in [-0.39, 0.29) is 10.8 Å². The van der Waals surface area contributed by atoms with Gasteiger partial charge in [-0.1, -0.05) is 139 Å². The molecule has 49 heavy (non-hydrogen) atoms. The zero-order valence-corrected chi connectivity index (χ0v) is 30.8. The maximum absolute atomic E-state index is 4.19. The summed E-state index contributed by atoms with van der Waals surface area (Å²) < 4.78 is 1.01. The topological polar surface area (TPSA) is 6.48 Å². The van der Waals surface area contributed by atoms with Crippen LogP contribution >= 0.6 is 15.9 Å². The van der Waals surface area contributed by atoms with Crippen molar-refractivity contribution < 1.29 is 0 Å². The smallest absolute Gasteiger partial charge is 0.0656 e. The monoisotopic (exact) mass is 702 g/mol. The summed E-state index contributed by atoms with van der Waals surface area (Å²) in [6.07, 6.45) is 0. The first-order chi connectivity index (χ1) is 23.5. The minimum absolute atomic E-state index is 0.0665. The van der Waals surface area contributed by atoms with Crippen LogP contribution in [-0.4, -0.2) is 0 Å². The average Bonchev–Trinajstić information content (AvgIpc) is 3.09. The number of anilines is 6. The maximum Gasteiger partial charge on any atom is 0.0656 e. The van der Waals surface area contributed by atoms with Crippen molar-refractivity contribution in [2.75, 3.05) is 9.80 Å². The number of rotatable bonds is 6. The normalized spacial score (nSPS) is 12.0. The van der Waals surface area contributed by atoms with E-state index < -0.39 is 0 Å². The molecule has 0 aliphatic heterocycles. The molecular formula is C46H43BrN2. The highest BCUT2D eigenvalue weighted by Gasteiger charge is 2.24. The van der Waals surface area contributed by atoms with Crippen molar-refractivity contribution >= 4 is 71.6 Å². The number of halogens is 1. The number of fused-ring (bicyclic) bond motifs is 2. The van der Waals surface area contributed by atoms with Crippen molar-refractivity contribution in [3.05, 3.63) is 167 Å². The molecule has 2 nitrogen and oxygen atoms in total. The van der Waals surface area contributed by atoms with Crippen molar-refractivity contribution in [3.8, 4) is 0 Å². The Labute approximate surface area is 299 Å². The molecule has 0 spiro atoms. The third kappa shape index (κ3) is 6.48. The Morgan fingerprint density at radius 3 is 1.43 bits per heavy atom. The van der Waals surface area contributed by atoms with E-state index in [2.05, 4.69) is 219 Å². The Bertz CT molecular complexity index is 2190. The lowest BCUT2D eigenvalue weighted by molar-refractivity contribution is 0.590. The predicted molar refractivity (Wildman–Crippen MR) is 216 cm³/mol. The standard InChI is InChI=1S/C46H43BrN2/c1-45(2,3)35-22-27-37(28-23-35)48(38-29-24-36(25-30-38)46(4,5)6)42-19-12-20-43(44(42)47)49(39-26-21-32-13-7-8-15-34(32)31-39)41-18-11-16-33-14-9-10-17-40(33)41/h7-31H,1-6H3. The number of hydrogen-bond acceptors (Lipinski definition) is 2. The zero-order chi connectivity index (χ0) is 34.3. The van der Waals surface area contributed by atoms with E-state index in [0.29, 0.717) is 0 Å². The fourth-order valence-corrected chi connectivity index (χ4v) is 7.25. The van der Waals surface area contributed by atoms with Gasteiger partial charge < -0.3 is 9.80 Å². The summed E-state index contributed by atoms with van der Waals surface area (Å²) in [5.41, 5.74) is 9.32. The molecule has 0 bridgehead atoms. The molecule has 0 saturated carbocycles. The van der Waals surface area contributed by atoms with Gasteiger partial charge in [-0.15, -0.1) is 0 Å². The molecule has 0 unspecified atom stereocenters. The molecule has 0 radical (unpaired) electrons. The molecule has 0 heterocycles. The van der Waals surface area contributed by atoms with E-state index in [1.807, 2.05) is 0 Å². The summed E-state index contributed by atoms with van der Waals surface area (Å²) in [5.74, 6) is 0. The highest BCUT2D eigenvalue weighted by molar-refractivity contribution is 9.10. The molecule has 0 N–H and O–H groups in total. The minimum atomic E-state index is 0.0665. The van der Waals surface area contributed by atoms with Crippen molar-refractivity contribution in [3.63, 3.8) is 0 Å². The molecule has 0 atom stereocenters. The fourth-order valence-electron chi connectivity index (χ4n) is 6.63. The second-order valence-corrected chi connectivity index (χ2v) is 15.7. The second-order valence-electron chi connectivity index (χ2n) is 14.9. The number of benzene rings is 7. The fraction of sp³-hybridized carbons (Fsp3) is 0.174. The van der Waals surface area contributed by atoms with Crippen LogP contribution in [0.4, 0.5) is 34.1 Å². The molecule has 0 aliphatic rings. The quantitative estimate of drug-likeness (QED) is 0.170. The molecule has 7 aromatic rings. The third-order valence-corrected chi connectivity index (χ3v) is 10.2. The van der Waals surface area contributed by atoms with E-state index in [0.717, 1.165) is 38.6 Å². The molecule has 0 amide bonds. The van der Waals surface area contributed by atoms with Crippen LogP contribution in [0.1, 0.15) is 52.7 Å². The van der Waals surface area contributed by atoms with Crippen LogP contribution in [-0.2, 0) is 10.8 Å². The second kappa shape index (κ2) is 12.9. The molecule has 244 valence electrons. The van der Waals surface area contributed by atoms with Crippen molar-refractivity contribution in [1.82, 2.24) is 0 Å². The first-order valence-corrected chi connectivity index (χ1v) is 17.8. The Hall–Kier alpha value is -4.86. The molecule has 0 saturated heterocycles. The Morgan fingerprint density at radius 2 is 0.837 bits per heavy atom. The lowest BCUT2D eigenvalue weighted by Gasteiger charge is -2.32. The van der Waals surface area contributed by atoms with Crippen LogP contribution in [0, 0.1) is 0 Å². The minimum Gasteiger partial charge on any atom is -0.309 e. The van der Waals surface area contributed by atoms with Gasteiger partial charge in [-0.2, -0.15) is 0 Å². The van der Waals surface area contributed by atoms with E-state index in [1.165, 1.54) is 32.7 Å². The van der Waals surface area contributed by atoms with Crippen LogP contribution in [0.5, 0.6) is 0 Å². The van der Waals surface area contributed by atoms with Gasteiger partial charge in [-0.3, -0.25) is 0 Å². The first-order valence-electron chi connectivity index (χ1n) is 17.1. The van der Waals surface area contributed by atoms with Crippen molar-refractivity contribution in [2.45, 2.75) is 52.4 Å². The molecule has 0 aromatic heterocycles. The van der Waals surface area contributed by atoms with Gasteiger partial charge in [-0.25, -0.2) is 0 Å². The van der Waals surface area contributed by atoms with Crippen molar-refractivity contribution in [1.29, 1.82) is 0 Å². The SMILES string of the molecule is CC(C)(C)c1ccc(N(c2ccc(C(C)(C)C)cc2)c2cccc(N(c3ccc4ccccc4c3)c3cccc4ccccc34)c2Br)cc1. The molecule has 0 fully saturated rings. The summed E-state index contributed by atoms with van der Waals surface area (Å²) in [6.45, 7) is 13.6. The van der Waals surface area contributed by atoms with E-state index in [1.54, 1.807) is 0 Å². The summed E-state index contributed by atoms with van der Waals surface area (Å²) in [7, 11) is 0. The zero-order valence-electron chi connectivity index (χ0n) is 29.2. The third-order valence-electron chi connectivity index (χ3n) is 9.42. The van der Waals surface area contributed by atoms with E-state index in [4.69, 9.17) is 0 Å². The summed E-state index contributed by atoms with van der Waals surface area (Å²) >= 11 is 4.19. The summed E-state index contributed by atoms with van der Waals surface area (Å²) in [6, 6.07) is 55.2. The van der Waals surface area contributed by atoms with Gasteiger partial charge in [0.2, 0.25) is 0 Å². The molecule has 3 heteroatoms. The molecule has 7 aromatic carbocycles. The van der Waals surface area contributed by atoms with Gasteiger partial charge in [0.1, 0.15) is 0 Å². The molecule has 7 rings (SSSR count). The van der Waals surface area contributed by atoms with Crippen LogP contribution < -0.4 is 9.80 Å². The average molecular weight is 704 g/mol. The summed E-state index contributed by atoms with van der Waals surface area (Å²) in [5, 5.41) is 4.83. The predicted octanol–water partition coefficient (Wildman–Crippen LogP) is 14.3. The lowest BCUT2D eigenvalue weighted by Crippen LogP contribution is -2.16. The highest BCUT2D eigenvalue weighted by atomic mass is 79.9. The number of hydrogen-bond donors (Lipinski definition) is 0.